The van der Waals surface area contributed by atoms with Crippen molar-refractivity contribution in [2.45, 2.75) is 37.9 Å². The molecule has 0 bridgehead atoms. The molecule has 1 aliphatic rings. The van der Waals surface area contributed by atoms with E-state index >= 15 is 0 Å². The van der Waals surface area contributed by atoms with Gasteiger partial charge in [0, 0.05) is 6.04 Å². The largest absolute Gasteiger partial charge is 0.401 e. The Morgan fingerprint density at radius 1 is 1.33 bits per heavy atom. The Kier molecular flexibility index (Phi) is 4.86. The van der Waals surface area contributed by atoms with E-state index in [1.807, 2.05) is 7.05 Å². The van der Waals surface area contributed by atoms with Crippen LogP contribution in [0.5, 0.6) is 0 Å². The molecule has 1 unspecified atom stereocenters. The van der Waals surface area contributed by atoms with E-state index in [1.54, 1.807) is 0 Å². The molecule has 0 aromatic carbocycles. The first-order chi connectivity index (χ1) is 6.99. The van der Waals surface area contributed by atoms with Crippen molar-refractivity contribution in [3.63, 3.8) is 0 Å². The monoisotopic (exact) mass is 224 g/mol. The third-order valence-electron chi connectivity index (χ3n) is 2.90. The number of nitrogens with zero attached hydrogens (tertiary/aromatic N) is 1. The van der Waals surface area contributed by atoms with Gasteiger partial charge in [-0.05, 0) is 39.4 Å². The van der Waals surface area contributed by atoms with Gasteiger partial charge in [0.2, 0.25) is 0 Å². The zero-order valence-electron chi connectivity index (χ0n) is 9.11. The van der Waals surface area contributed by atoms with E-state index in [0.29, 0.717) is 12.6 Å². The van der Waals surface area contributed by atoms with Crippen LogP contribution in [-0.4, -0.2) is 43.8 Å². The van der Waals surface area contributed by atoms with Crippen molar-refractivity contribution in [1.82, 2.24) is 10.2 Å². The van der Waals surface area contributed by atoms with Gasteiger partial charge >= 0.3 is 6.18 Å². The Labute approximate surface area is 88.8 Å². The maximum atomic E-state index is 11.8. The first-order valence-electron chi connectivity index (χ1n) is 5.47. The highest BCUT2D eigenvalue weighted by Gasteiger charge is 2.26. The molecule has 1 heterocycles. The first-order valence-corrected chi connectivity index (χ1v) is 5.47. The molecule has 1 atom stereocenters. The van der Waals surface area contributed by atoms with Gasteiger partial charge in [-0.15, -0.1) is 0 Å². The molecular weight excluding hydrogens is 205 g/mol. The van der Waals surface area contributed by atoms with Gasteiger partial charge in [-0.3, -0.25) is 0 Å². The van der Waals surface area contributed by atoms with Crippen molar-refractivity contribution in [3.8, 4) is 0 Å². The van der Waals surface area contributed by atoms with E-state index in [0.717, 1.165) is 19.4 Å². The van der Waals surface area contributed by atoms with Crippen molar-refractivity contribution in [2.75, 3.05) is 26.7 Å². The minimum atomic E-state index is -4.08. The number of rotatable bonds is 4. The number of hydrogen-bond donors (Lipinski definition) is 1. The lowest BCUT2D eigenvalue weighted by Crippen LogP contribution is -2.39. The molecule has 90 valence electrons. The molecule has 1 aliphatic heterocycles. The Morgan fingerprint density at radius 3 is 2.67 bits per heavy atom. The number of halogens is 3. The quantitative estimate of drug-likeness (QED) is 0.735. The first kappa shape index (κ1) is 12.8. The summed E-state index contributed by atoms with van der Waals surface area (Å²) in [5.74, 6) is 0. The summed E-state index contributed by atoms with van der Waals surface area (Å²) >= 11 is 0. The number of likely N-dealkylation sites (tertiary alicyclic amines) is 1. The summed E-state index contributed by atoms with van der Waals surface area (Å²) in [7, 11) is 2.05. The lowest BCUT2D eigenvalue weighted by Gasteiger charge is -2.32. The third-order valence-corrected chi connectivity index (χ3v) is 2.90. The lowest BCUT2D eigenvalue weighted by molar-refractivity contribution is -0.124. The van der Waals surface area contributed by atoms with E-state index in [4.69, 9.17) is 0 Å². The van der Waals surface area contributed by atoms with Gasteiger partial charge in [0.15, 0.2) is 0 Å². The zero-order valence-corrected chi connectivity index (χ0v) is 9.11. The maximum absolute atomic E-state index is 11.8. The minimum absolute atomic E-state index is 0.453. The van der Waals surface area contributed by atoms with E-state index in [9.17, 15) is 13.2 Å². The molecule has 0 saturated carbocycles. The van der Waals surface area contributed by atoms with Crippen molar-refractivity contribution in [3.05, 3.63) is 0 Å². The van der Waals surface area contributed by atoms with Gasteiger partial charge in [0.1, 0.15) is 0 Å². The lowest BCUT2D eigenvalue weighted by atomic mass is 10.0. The number of nitrogens with one attached hydrogen (secondary N) is 1. The smallest absolute Gasteiger partial charge is 0.309 e. The molecule has 1 N–H and O–H groups in total. The Morgan fingerprint density at radius 2 is 2.07 bits per heavy atom. The van der Waals surface area contributed by atoms with Gasteiger partial charge in [-0.2, -0.15) is 13.2 Å². The topological polar surface area (TPSA) is 15.3 Å². The molecule has 1 fully saturated rings. The van der Waals surface area contributed by atoms with Crippen molar-refractivity contribution in [2.24, 2.45) is 0 Å². The molecule has 15 heavy (non-hydrogen) atoms. The average Bonchev–Trinajstić information content (AvgIpc) is 2.13. The minimum Gasteiger partial charge on any atom is -0.309 e. The van der Waals surface area contributed by atoms with Gasteiger partial charge in [-0.25, -0.2) is 0 Å². The second-order valence-corrected chi connectivity index (χ2v) is 4.21. The molecule has 0 amide bonds. The number of alkyl halides is 3. The van der Waals surface area contributed by atoms with Gasteiger partial charge in [-0.1, -0.05) is 6.42 Å². The fraction of sp³-hybridized carbons (Fsp3) is 1.00. The molecule has 0 radical (unpaired) electrons. The van der Waals surface area contributed by atoms with Crippen LogP contribution in [0, 0.1) is 0 Å². The average molecular weight is 224 g/mol. The summed E-state index contributed by atoms with van der Waals surface area (Å²) in [6, 6.07) is 0.458. The maximum Gasteiger partial charge on any atom is 0.401 e. The molecule has 1 saturated heterocycles. The summed E-state index contributed by atoms with van der Waals surface area (Å²) in [5, 5.41) is 2.44. The van der Waals surface area contributed by atoms with Crippen LogP contribution < -0.4 is 5.32 Å². The second-order valence-electron chi connectivity index (χ2n) is 4.21. The van der Waals surface area contributed by atoms with Gasteiger partial charge in [0.05, 0.1) is 6.54 Å². The molecule has 0 aromatic rings. The Bertz CT molecular complexity index is 182. The molecule has 1 rings (SSSR count). The third kappa shape index (κ3) is 5.37. The van der Waals surface area contributed by atoms with Crippen molar-refractivity contribution >= 4 is 0 Å². The van der Waals surface area contributed by atoms with Gasteiger partial charge < -0.3 is 10.2 Å². The van der Waals surface area contributed by atoms with E-state index < -0.39 is 12.7 Å². The Balaban J connectivity index is 2.08. The van der Waals surface area contributed by atoms with Crippen LogP contribution in [-0.2, 0) is 0 Å². The van der Waals surface area contributed by atoms with Gasteiger partial charge in [0.25, 0.3) is 0 Å². The van der Waals surface area contributed by atoms with Crippen molar-refractivity contribution in [1.29, 1.82) is 0 Å². The number of hydrogen-bond acceptors (Lipinski definition) is 2. The predicted octanol–water partition coefficient (Wildman–Crippen LogP) is 2.01. The van der Waals surface area contributed by atoms with Crippen LogP contribution in [0.4, 0.5) is 13.2 Å². The fourth-order valence-corrected chi connectivity index (χ4v) is 2.01. The van der Waals surface area contributed by atoms with Crippen LogP contribution >= 0.6 is 0 Å². The summed E-state index contributed by atoms with van der Waals surface area (Å²) in [6.07, 6.45) is 0.256. The highest BCUT2D eigenvalue weighted by Crippen LogP contribution is 2.17. The van der Waals surface area contributed by atoms with Crippen LogP contribution in [0.1, 0.15) is 25.7 Å². The highest BCUT2D eigenvalue weighted by atomic mass is 19.4. The summed E-state index contributed by atoms with van der Waals surface area (Å²) in [6.45, 7) is 0.655. The van der Waals surface area contributed by atoms with E-state index in [-0.39, 0.29) is 0 Å². The normalized spacial score (nSPS) is 24.4. The van der Waals surface area contributed by atoms with Crippen molar-refractivity contribution < 1.29 is 13.2 Å². The summed E-state index contributed by atoms with van der Waals surface area (Å²) in [4.78, 5) is 2.25. The van der Waals surface area contributed by atoms with Crippen LogP contribution in [0.15, 0.2) is 0 Å². The van der Waals surface area contributed by atoms with Crippen LogP contribution in [0.3, 0.4) is 0 Å². The molecule has 5 heteroatoms. The fourth-order valence-electron chi connectivity index (χ4n) is 2.01. The molecule has 0 aromatic heterocycles. The second kappa shape index (κ2) is 5.70. The summed E-state index contributed by atoms with van der Waals surface area (Å²) in [5.41, 5.74) is 0. The molecular formula is C10H19F3N2. The standard InChI is InChI=1S/C10H19F3N2/c1-15-7-3-2-4-9(15)5-6-14-8-10(11,12)13/h9,14H,2-8H2,1H3. The molecule has 0 aliphatic carbocycles. The highest BCUT2D eigenvalue weighted by molar-refractivity contribution is 4.75. The van der Waals surface area contributed by atoms with E-state index in [1.165, 1.54) is 12.8 Å². The van der Waals surface area contributed by atoms with Crippen LogP contribution in [0.2, 0.25) is 0 Å². The van der Waals surface area contributed by atoms with Crippen LogP contribution in [0.25, 0.3) is 0 Å². The molecule has 2 nitrogen and oxygen atoms in total. The SMILES string of the molecule is CN1CCCCC1CCNCC(F)(F)F. The summed E-state index contributed by atoms with van der Waals surface area (Å²) < 4.78 is 35.5. The molecule has 0 spiro atoms. The number of piperidine rings is 1. The Hall–Kier alpha value is -0.290. The van der Waals surface area contributed by atoms with E-state index in [2.05, 4.69) is 10.2 Å². The zero-order chi connectivity index (χ0) is 11.3. The predicted molar refractivity (Wildman–Crippen MR) is 53.8 cm³/mol.